The molecule has 0 bridgehead atoms. The Labute approximate surface area is 212 Å². The third-order valence-corrected chi connectivity index (χ3v) is 5.94. The van der Waals surface area contributed by atoms with Gasteiger partial charge in [0, 0.05) is 35.7 Å². The number of aliphatic carboxylic acids is 1. The zero-order valence-corrected chi connectivity index (χ0v) is 20.8. The Hall–Kier alpha value is -3.72. The number of amides is 2. The lowest BCUT2D eigenvalue weighted by molar-refractivity contribution is -0.139. The van der Waals surface area contributed by atoms with Crippen LogP contribution in [-0.2, 0) is 16.0 Å². The van der Waals surface area contributed by atoms with Crippen molar-refractivity contribution in [3.05, 3.63) is 88.0 Å². The second-order valence-corrected chi connectivity index (χ2v) is 8.84. The van der Waals surface area contributed by atoms with E-state index in [1.54, 1.807) is 49.5 Å². The van der Waals surface area contributed by atoms with Crippen molar-refractivity contribution in [2.24, 2.45) is 0 Å². The van der Waals surface area contributed by atoms with Gasteiger partial charge in [0.1, 0.15) is 11.9 Å². The molecule has 1 aromatic heterocycles. The van der Waals surface area contributed by atoms with E-state index in [4.69, 9.17) is 0 Å². The average molecular weight is 539 g/mol. The van der Waals surface area contributed by atoms with Crippen LogP contribution in [0.25, 0.3) is 0 Å². The molecule has 9 heteroatoms. The van der Waals surface area contributed by atoms with Crippen LogP contribution in [0.2, 0.25) is 0 Å². The van der Waals surface area contributed by atoms with Crippen LogP contribution in [0.5, 0.6) is 0 Å². The molecule has 182 valence electrons. The van der Waals surface area contributed by atoms with Crippen LogP contribution in [-0.4, -0.2) is 40.5 Å². The number of carboxylic acid groups (broad SMARTS) is 1. The fourth-order valence-corrected chi connectivity index (χ4v) is 4.11. The zero-order chi connectivity index (χ0) is 25.2. The first-order valence-electron chi connectivity index (χ1n) is 11.2. The second kappa shape index (κ2) is 12.7. The highest BCUT2D eigenvalue weighted by molar-refractivity contribution is 9.10. The number of aryl methyl sites for hydroxylation is 1. The number of benzene rings is 2. The van der Waals surface area contributed by atoms with Crippen molar-refractivity contribution in [1.29, 1.82) is 0 Å². The van der Waals surface area contributed by atoms with Gasteiger partial charge < -0.3 is 21.1 Å². The monoisotopic (exact) mass is 538 g/mol. The van der Waals surface area contributed by atoms with Crippen LogP contribution < -0.4 is 16.0 Å². The summed E-state index contributed by atoms with van der Waals surface area (Å²) in [4.78, 5) is 40.8. The van der Waals surface area contributed by atoms with E-state index >= 15 is 0 Å². The summed E-state index contributed by atoms with van der Waals surface area (Å²) in [5, 5.41) is 18.2. The van der Waals surface area contributed by atoms with Crippen LogP contribution in [0.4, 0.5) is 11.5 Å². The SMILES string of the molecule is Cc1cccc(Br)c1C(=O)N[C@@H](Cc1ccc(NC(=O)CCCNc2ccccn2)cc1)C(=O)O. The lowest BCUT2D eigenvalue weighted by Gasteiger charge is -2.16. The first-order chi connectivity index (χ1) is 16.8. The first-order valence-corrected chi connectivity index (χ1v) is 12.0. The van der Waals surface area contributed by atoms with Crippen molar-refractivity contribution >= 4 is 45.2 Å². The fraction of sp³-hybridized carbons (Fsp3) is 0.231. The molecule has 1 heterocycles. The number of halogens is 1. The van der Waals surface area contributed by atoms with Gasteiger partial charge in [-0.2, -0.15) is 0 Å². The molecule has 0 saturated carbocycles. The molecule has 0 fully saturated rings. The summed E-state index contributed by atoms with van der Waals surface area (Å²) in [7, 11) is 0. The predicted octanol–water partition coefficient (Wildman–Crippen LogP) is 4.41. The number of nitrogens with one attached hydrogen (secondary N) is 3. The van der Waals surface area contributed by atoms with Crippen LogP contribution in [0.3, 0.4) is 0 Å². The zero-order valence-electron chi connectivity index (χ0n) is 19.3. The van der Waals surface area contributed by atoms with Crippen LogP contribution in [0.1, 0.15) is 34.3 Å². The molecule has 0 aliphatic heterocycles. The van der Waals surface area contributed by atoms with Gasteiger partial charge in [-0.25, -0.2) is 9.78 Å². The number of carbonyl (C=O) groups is 3. The van der Waals surface area contributed by atoms with E-state index in [-0.39, 0.29) is 12.3 Å². The number of nitrogens with zero attached hydrogens (tertiary/aromatic N) is 1. The Morgan fingerprint density at radius 3 is 2.46 bits per heavy atom. The predicted molar refractivity (Wildman–Crippen MR) is 139 cm³/mol. The summed E-state index contributed by atoms with van der Waals surface area (Å²) in [5.41, 5.74) is 2.50. The lowest BCUT2D eigenvalue weighted by Crippen LogP contribution is -2.42. The molecule has 35 heavy (non-hydrogen) atoms. The van der Waals surface area contributed by atoms with Gasteiger partial charge in [-0.05, 0) is 70.7 Å². The molecule has 2 amide bonds. The van der Waals surface area contributed by atoms with Crippen LogP contribution in [0, 0.1) is 6.92 Å². The number of rotatable bonds is 11. The lowest BCUT2D eigenvalue weighted by atomic mass is 10.0. The average Bonchev–Trinajstić information content (AvgIpc) is 2.83. The molecule has 8 nitrogen and oxygen atoms in total. The van der Waals surface area contributed by atoms with Crippen molar-refractivity contribution in [3.63, 3.8) is 0 Å². The van der Waals surface area contributed by atoms with E-state index in [2.05, 4.69) is 36.9 Å². The largest absolute Gasteiger partial charge is 0.480 e. The number of pyridine rings is 1. The van der Waals surface area contributed by atoms with Crippen molar-refractivity contribution < 1.29 is 19.5 Å². The molecule has 3 rings (SSSR count). The molecular formula is C26H27BrN4O4. The van der Waals surface area contributed by atoms with Gasteiger partial charge in [-0.15, -0.1) is 0 Å². The summed E-state index contributed by atoms with van der Waals surface area (Å²) < 4.78 is 0.603. The summed E-state index contributed by atoms with van der Waals surface area (Å²) >= 11 is 3.35. The highest BCUT2D eigenvalue weighted by Gasteiger charge is 2.23. The van der Waals surface area contributed by atoms with E-state index in [9.17, 15) is 19.5 Å². The van der Waals surface area contributed by atoms with Crippen molar-refractivity contribution in [2.45, 2.75) is 32.2 Å². The Morgan fingerprint density at radius 1 is 1.03 bits per heavy atom. The molecule has 0 unspecified atom stereocenters. The van der Waals surface area contributed by atoms with Gasteiger partial charge in [0.2, 0.25) is 5.91 Å². The molecule has 0 saturated heterocycles. The molecule has 3 aromatic rings. The maximum atomic E-state index is 12.7. The van der Waals surface area contributed by atoms with Gasteiger partial charge in [0.25, 0.3) is 5.91 Å². The first kappa shape index (κ1) is 25.9. The van der Waals surface area contributed by atoms with E-state index in [0.29, 0.717) is 35.1 Å². The molecule has 1 atom stereocenters. The van der Waals surface area contributed by atoms with E-state index < -0.39 is 17.9 Å². The van der Waals surface area contributed by atoms with Crippen LogP contribution >= 0.6 is 15.9 Å². The summed E-state index contributed by atoms with van der Waals surface area (Å²) in [6.07, 6.45) is 2.81. The molecule has 0 aliphatic rings. The third kappa shape index (κ3) is 7.92. The Balaban J connectivity index is 1.49. The minimum absolute atomic E-state index is 0.109. The third-order valence-electron chi connectivity index (χ3n) is 5.28. The van der Waals surface area contributed by atoms with Gasteiger partial charge in [-0.3, -0.25) is 9.59 Å². The van der Waals surface area contributed by atoms with E-state index in [1.165, 1.54) is 0 Å². The number of carboxylic acids is 1. The summed E-state index contributed by atoms with van der Waals surface area (Å²) in [6.45, 7) is 2.42. The normalized spacial score (nSPS) is 11.4. The fourth-order valence-electron chi connectivity index (χ4n) is 3.47. The maximum Gasteiger partial charge on any atom is 0.326 e. The molecule has 0 radical (unpaired) electrons. The molecule has 2 aromatic carbocycles. The van der Waals surface area contributed by atoms with Crippen molar-refractivity contribution in [2.75, 3.05) is 17.2 Å². The van der Waals surface area contributed by atoms with Gasteiger partial charge in [0.15, 0.2) is 0 Å². The number of aromatic nitrogens is 1. The number of anilines is 2. The second-order valence-electron chi connectivity index (χ2n) is 7.99. The van der Waals surface area contributed by atoms with Gasteiger partial charge in [-0.1, -0.05) is 30.3 Å². The Bertz CT molecular complexity index is 1150. The van der Waals surface area contributed by atoms with E-state index in [0.717, 1.165) is 16.9 Å². The minimum Gasteiger partial charge on any atom is -0.480 e. The Morgan fingerprint density at radius 2 is 1.80 bits per heavy atom. The van der Waals surface area contributed by atoms with Gasteiger partial charge in [0.05, 0.1) is 5.56 Å². The molecule has 0 spiro atoms. The van der Waals surface area contributed by atoms with Crippen molar-refractivity contribution in [1.82, 2.24) is 10.3 Å². The van der Waals surface area contributed by atoms with Crippen molar-refractivity contribution in [3.8, 4) is 0 Å². The number of hydrogen-bond acceptors (Lipinski definition) is 5. The highest BCUT2D eigenvalue weighted by atomic mass is 79.9. The van der Waals surface area contributed by atoms with E-state index in [1.807, 2.05) is 24.3 Å². The molecule has 0 aliphatic carbocycles. The minimum atomic E-state index is -1.13. The Kier molecular flexibility index (Phi) is 9.37. The summed E-state index contributed by atoms with van der Waals surface area (Å²) in [5.74, 6) is -0.922. The standard InChI is InChI=1S/C26H27BrN4O4/c1-17-6-4-7-20(27)24(17)25(33)31-21(26(34)35)16-18-10-12-19(13-11-18)30-23(32)9-5-15-29-22-8-2-3-14-28-22/h2-4,6-8,10-14,21H,5,9,15-16H2,1H3,(H,28,29)(H,30,32)(H,31,33)(H,34,35)/t21-/m0/s1. The maximum absolute atomic E-state index is 12.7. The summed E-state index contributed by atoms with van der Waals surface area (Å²) in [6, 6.07) is 16.8. The molecule has 4 N–H and O–H groups in total. The number of hydrogen-bond donors (Lipinski definition) is 4. The quantitative estimate of drug-likeness (QED) is 0.268. The highest BCUT2D eigenvalue weighted by Crippen LogP contribution is 2.20. The number of carbonyl (C=O) groups excluding carboxylic acids is 2. The van der Waals surface area contributed by atoms with Crippen LogP contribution in [0.15, 0.2) is 71.3 Å². The molecular weight excluding hydrogens is 512 g/mol. The van der Waals surface area contributed by atoms with Gasteiger partial charge >= 0.3 is 5.97 Å². The smallest absolute Gasteiger partial charge is 0.326 e. The topological polar surface area (TPSA) is 120 Å².